The van der Waals surface area contributed by atoms with E-state index in [2.05, 4.69) is 16.5 Å². The molecule has 2 aromatic rings. The van der Waals surface area contributed by atoms with Gasteiger partial charge in [0.25, 0.3) is 5.91 Å². The number of carbonyl (C=O) groups excluding carboxylic acids is 1. The molecule has 1 saturated heterocycles. The highest BCUT2D eigenvalue weighted by Crippen LogP contribution is 2.22. The van der Waals surface area contributed by atoms with Crippen LogP contribution in [0, 0.1) is 20.8 Å². The number of amides is 1. The van der Waals surface area contributed by atoms with Crippen LogP contribution >= 0.6 is 0 Å². The van der Waals surface area contributed by atoms with Crippen LogP contribution in [0.2, 0.25) is 0 Å². The van der Waals surface area contributed by atoms with Gasteiger partial charge in [-0.15, -0.1) is 0 Å². The first kappa shape index (κ1) is 17.5. The Balaban J connectivity index is 1.65. The molecule has 3 rings (SSSR count). The van der Waals surface area contributed by atoms with Gasteiger partial charge in [0.15, 0.2) is 5.69 Å². The van der Waals surface area contributed by atoms with Crippen molar-refractivity contribution in [2.24, 2.45) is 0 Å². The number of aryl methyl sites for hydroxylation is 3. The van der Waals surface area contributed by atoms with Crippen LogP contribution in [-0.2, 0) is 11.3 Å². The molecule has 1 aliphatic heterocycles. The maximum atomic E-state index is 12.4. The van der Waals surface area contributed by atoms with Gasteiger partial charge in [0.05, 0.1) is 11.7 Å². The molecule has 1 N–H and O–H groups in total. The Morgan fingerprint density at radius 3 is 2.92 bits per heavy atom. The highest BCUT2D eigenvalue weighted by Gasteiger charge is 2.22. The number of nitrogens with one attached hydrogen (secondary N) is 1. The van der Waals surface area contributed by atoms with Crippen molar-refractivity contribution in [1.82, 2.24) is 10.5 Å². The van der Waals surface area contributed by atoms with E-state index in [9.17, 15) is 4.79 Å². The molecule has 25 heavy (non-hydrogen) atoms. The lowest BCUT2D eigenvalue weighted by molar-refractivity contribution is 0.0848. The average Bonchev–Trinajstić information content (AvgIpc) is 3.22. The summed E-state index contributed by atoms with van der Waals surface area (Å²) in [5, 5.41) is 6.77. The summed E-state index contributed by atoms with van der Waals surface area (Å²) >= 11 is 0. The Labute approximate surface area is 147 Å². The van der Waals surface area contributed by atoms with Crippen molar-refractivity contribution in [3.8, 4) is 5.75 Å². The van der Waals surface area contributed by atoms with Crippen molar-refractivity contribution in [3.63, 3.8) is 0 Å². The van der Waals surface area contributed by atoms with E-state index in [0.717, 1.165) is 30.8 Å². The Kier molecular flexibility index (Phi) is 5.38. The fraction of sp³-hybridized carbons (Fsp3) is 0.474. The lowest BCUT2D eigenvalue weighted by atomic mass is 10.1. The second-order valence-corrected chi connectivity index (χ2v) is 6.47. The molecule has 134 valence electrons. The summed E-state index contributed by atoms with van der Waals surface area (Å²) in [6.07, 6.45) is 2.10. The highest BCUT2D eigenvalue weighted by molar-refractivity contribution is 5.93. The van der Waals surface area contributed by atoms with Crippen molar-refractivity contribution in [3.05, 3.63) is 46.3 Å². The minimum absolute atomic E-state index is 0.0897. The summed E-state index contributed by atoms with van der Waals surface area (Å²) in [6, 6.07) is 5.99. The number of hydrogen-bond acceptors (Lipinski definition) is 5. The van der Waals surface area contributed by atoms with Gasteiger partial charge >= 0.3 is 0 Å². The Morgan fingerprint density at radius 1 is 1.36 bits per heavy atom. The fourth-order valence-corrected chi connectivity index (χ4v) is 2.95. The van der Waals surface area contributed by atoms with Crippen molar-refractivity contribution in [1.29, 1.82) is 0 Å². The Morgan fingerprint density at radius 2 is 2.20 bits per heavy atom. The van der Waals surface area contributed by atoms with Crippen LogP contribution in [0.5, 0.6) is 5.75 Å². The number of rotatable bonds is 6. The summed E-state index contributed by atoms with van der Waals surface area (Å²) in [5.74, 6) is 1.12. The molecule has 0 bridgehead atoms. The monoisotopic (exact) mass is 344 g/mol. The Bertz CT molecular complexity index is 748. The zero-order chi connectivity index (χ0) is 17.8. The summed E-state index contributed by atoms with van der Waals surface area (Å²) < 4.78 is 16.6. The van der Waals surface area contributed by atoms with Gasteiger partial charge in [-0.1, -0.05) is 22.9 Å². The van der Waals surface area contributed by atoms with E-state index in [4.69, 9.17) is 14.0 Å². The zero-order valence-corrected chi connectivity index (χ0v) is 14.9. The third-order valence-corrected chi connectivity index (χ3v) is 4.42. The minimum Gasteiger partial charge on any atom is -0.488 e. The van der Waals surface area contributed by atoms with Crippen molar-refractivity contribution < 1.29 is 18.8 Å². The summed E-state index contributed by atoms with van der Waals surface area (Å²) in [6.45, 7) is 7.31. The molecule has 1 aromatic carbocycles. The largest absolute Gasteiger partial charge is 0.488 e. The topological polar surface area (TPSA) is 73.6 Å². The molecule has 1 amide bonds. The van der Waals surface area contributed by atoms with Crippen LogP contribution in [-0.4, -0.2) is 30.3 Å². The van der Waals surface area contributed by atoms with Gasteiger partial charge in [-0.05, 0) is 45.2 Å². The number of carbonyl (C=O) groups is 1. The average molecular weight is 344 g/mol. The fourth-order valence-electron chi connectivity index (χ4n) is 2.95. The van der Waals surface area contributed by atoms with Crippen LogP contribution in [0.15, 0.2) is 22.7 Å². The molecule has 1 unspecified atom stereocenters. The summed E-state index contributed by atoms with van der Waals surface area (Å²) in [4.78, 5) is 12.4. The van der Waals surface area contributed by atoms with Crippen molar-refractivity contribution in [2.45, 2.75) is 46.3 Å². The number of benzene rings is 1. The van der Waals surface area contributed by atoms with E-state index < -0.39 is 0 Å². The molecule has 1 fully saturated rings. The maximum Gasteiger partial charge on any atom is 0.273 e. The predicted molar refractivity (Wildman–Crippen MR) is 92.8 cm³/mol. The maximum absolute atomic E-state index is 12.4. The number of aromatic nitrogens is 1. The summed E-state index contributed by atoms with van der Waals surface area (Å²) in [5.41, 5.74) is 3.18. The van der Waals surface area contributed by atoms with Gasteiger partial charge in [0, 0.05) is 13.2 Å². The molecule has 1 aliphatic rings. The molecular formula is C19H24N2O4. The predicted octanol–water partition coefficient (Wildman–Crippen LogP) is 3.09. The molecule has 2 heterocycles. The van der Waals surface area contributed by atoms with Crippen LogP contribution in [0.1, 0.15) is 45.8 Å². The Hall–Kier alpha value is -2.34. The first-order valence-electron chi connectivity index (χ1n) is 8.59. The molecule has 1 aromatic heterocycles. The van der Waals surface area contributed by atoms with Gasteiger partial charge in [0.2, 0.25) is 0 Å². The third-order valence-electron chi connectivity index (χ3n) is 4.42. The van der Waals surface area contributed by atoms with Gasteiger partial charge in [-0.2, -0.15) is 0 Å². The zero-order valence-electron chi connectivity index (χ0n) is 14.9. The number of nitrogens with zero attached hydrogens (tertiary/aromatic N) is 1. The van der Waals surface area contributed by atoms with Crippen LogP contribution in [0.4, 0.5) is 0 Å². The van der Waals surface area contributed by atoms with E-state index in [1.54, 1.807) is 6.92 Å². The molecule has 0 aliphatic carbocycles. The second-order valence-electron chi connectivity index (χ2n) is 6.47. The third kappa shape index (κ3) is 4.20. The van der Waals surface area contributed by atoms with E-state index in [1.807, 2.05) is 26.0 Å². The molecule has 0 radical (unpaired) electrons. The van der Waals surface area contributed by atoms with Crippen molar-refractivity contribution in [2.75, 3.05) is 13.2 Å². The van der Waals surface area contributed by atoms with Gasteiger partial charge < -0.3 is 19.3 Å². The van der Waals surface area contributed by atoms with Gasteiger partial charge in [-0.3, -0.25) is 4.79 Å². The van der Waals surface area contributed by atoms with E-state index in [0.29, 0.717) is 17.9 Å². The minimum atomic E-state index is -0.258. The standard InChI is InChI=1S/C19H24N2O4/c1-12-6-7-17(13(2)9-12)24-11-16-14(3)25-21-18(16)19(22)20-10-15-5-4-8-23-15/h6-7,9,15H,4-5,8,10-11H2,1-3H3,(H,20,22). The molecule has 6 nitrogen and oxygen atoms in total. The lowest BCUT2D eigenvalue weighted by Crippen LogP contribution is -2.32. The molecule has 6 heteroatoms. The smallest absolute Gasteiger partial charge is 0.273 e. The molecule has 1 atom stereocenters. The second kappa shape index (κ2) is 7.70. The lowest BCUT2D eigenvalue weighted by Gasteiger charge is -2.11. The van der Waals surface area contributed by atoms with Crippen LogP contribution in [0.25, 0.3) is 0 Å². The molecule has 0 spiro atoms. The SMILES string of the molecule is Cc1ccc(OCc2c(C(=O)NCC3CCCO3)noc2C)c(C)c1. The first-order chi connectivity index (χ1) is 12.0. The number of hydrogen-bond donors (Lipinski definition) is 1. The van der Waals surface area contributed by atoms with E-state index >= 15 is 0 Å². The molecule has 0 saturated carbocycles. The highest BCUT2D eigenvalue weighted by atomic mass is 16.5. The molecular weight excluding hydrogens is 320 g/mol. The van der Waals surface area contributed by atoms with E-state index in [1.165, 1.54) is 5.56 Å². The number of ether oxygens (including phenoxy) is 2. The van der Waals surface area contributed by atoms with Gasteiger partial charge in [-0.25, -0.2) is 0 Å². The van der Waals surface area contributed by atoms with Crippen LogP contribution < -0.4 is 10.1 Å². The van der Waals surface area contributed by atoms with Crippen LogP contribution in [0.3, 0.4) is 0 Å². The quantitative estimate of drug-likeness (QED) is 0.872. The summed E-state index contributed by atoms with van der Waals surface area (Å²) in [7, 11) is 0. The first-order valence-corrected chi connectivity index (χ1v) is 8.59. The van der Waals surface area contributed by atoms with E-state index in [-0.39, 0.29) is 24.3 Å². The van der Waals surface area contributed by atoms with Gasteiger partial charge in [0.1, 0.15) is 18.1 Å². The van der Waals surface area contributed by atoms with Crippen molar-refractivity contribution >= 4 is 5.91 Å². The normalized spacial score (nSPS) is 16.8.